The number of anilines is 1. The Morgan fingerprint density at radius 3 is 2.00 bits per heavy atom. The summed E-state index contributed by atoms with van der Waals surface area (Å²) in [6, 6.07) is 5.41. The molecule has 2 rings (SSSR count). The fourth-order valence-electron chi connectivity index (χ4n) is 2.34. The lowest BCUT2D eigenvalue weighted by Crippen LogP contribution is -2.44. The van der Waals surface area contributed by atoms with Crippen molar-refractivity contribution in [1.82, 2.24) is 4.90 Å². The second kappa shape index (κ2) is 5.77. The lowest BCUT2D eigenvalue weighted by molar-refractivity contribution is -0.137. The molecule has 1 heterocycles. The van der Waals surface area contributed by atoms with Crippen LogP contribution in [0.4, 0.5) is 18.9 Å². The largest absolute Gasteiger partial charge is 0.416 e. The van der Waals surface area contributed by atoms with Crippen LogP contribution in [0.25, 0.3) is 0 Å². The highest BCUT2D eigenvalue weighted by Gasteiger charge is 2.30. The van der Waals surface area contributed by atoms with Crippen molar-refractivity contribution in [2.45, 2.75) is 20.0 Å². The molecule has 0 N–H and O–H groups in total. The minimum Gasteiger partial charge on any atom is -0.374 e. The zero-order chi connectivity index (χ0) is 14.8. The summed E-state index contributed by atoms with van der Waals surface area (Å²) in [5.41, 5.74) is 1.52. The third kappa shape index (κ3) is 3.68. The van der Waals surface area contributed by atoms with E-state index in [2.05, 4.69) is 29.8 Å². The molecule has 110 valence electrons. The molecule has 5 heteroatoms. The maximum Gasteiger partial charge on any atom is 0.416 e. The van der Waals surface area contributed by atoms with Crippen molar-refractivity contribution in [3.8, 4) is 0 Å². The highest BCUT2D eigenvalue weighted by Crippen LogP contribution is 2.30. The summed E-state index contributed by atoms with van der Waals surface area (Å²) in [4.78, 5) is 4.37. The van der Waals surface area contributed by atoms with Gasteiger partial charge in [0, 0.05) is 31.9 Å². The lowest BCUT2D eigenvalue weighted by atomic mass is 10.1. The zero-order valence-corrected chi connectivity index (χ0v) is 11.7. The summed E-state index contributed by atoms with van der Waals surface area (Å²) >= 11 is 0. The molecule has 0 aliphatic carbocycles. The second-order valence-corrected chi connectivity index (χ2v) is 5.27. The van der Waals surface area contributed by atoms with Crippen LogP contribution in [-0.4, -0.2) is 31.1 Å². The fourth-order valence-corrected chi connectivity index (χ4v) is 2.34. The standard InChI is InChI=1S/C15H19F3N2/c1-12(2)11-19-7-9-20(10-8-19)14-5-3-13(4-6-14)15(16,17)18/h3-6,11H,7-10H2,1-2H3. The molecule has 1 aromatic carbocycles. The van der Waals surface area contributed by atoms with Gasteiger partial charge in [0.1, 0.15) is 0 Å². The number of hydrogen-bond acceptors (Lipinski definition) is 2. The molecule has 1 aromatic rings. The van der Waals surface area contributed by atoms with Crippen molar-refractivity contribution >= 4 is 5.69 Å². The SMILES string of the molecule is CC(C)=CN1CCN(c2ccc(C(F)(F)F)cc2)CC1. The Balaban J connectivity index is 1.99. The molecule has 0 bridgehead atoms. The number of allylic oxidation sites excluding steroid dienone is 1. The summed E-state index contributed by atoms with van der Waals surface area (Å²) < 4.78 is 37.5. The van der Waals surface area contributed by atoms with E-state index in [9.17, 15) is 13.2 Å². The van der Waals surface area contributed by atoms with Crippen LogP contribution < -0.4 is 4.90 Å². The number of halogens is 3. The van der Waals surface area contributed by atoms with E-state index in [1.165, 1.54) is 5.57 Å². The van der Waals surface area contributed by atoms with E-state index in [1.807, 2.05) is 0 Å². The molecule has 20 heavy (non-hydrogen) atoms. The molecule has 0 aromatic heterocycles. The number of piperazine rings is 1. The van der Waals surface area contributed by atoms with Crippen LogP contribution >= 0.6 is 0 Å². The molecular formula is C15H19F3N2. The molecule has 0 spiro atoms. The molecule has 0 amide bonds. The molecule has 0 saturated carbocycles. The first-order valence-corrected chi connectivity index (χ1v) is 6.67. The van der Waals surface area contributed by atoms with Crippen LogP contribution in [0.15, 0.2) is 36.0 Å². The summed E-state index contributed by atoms with van der Waals surface area (Å²) in [5, 5.41) is 0. The Labute approximate surface area is 117 Å². The molecule has 1 aliphatic rings. The average molecular weight is 284 g/mol. The Bertz CT molecular complexity index is 465. The van der Waals surface area contributed by atoms with Gasteiger partial charge in [0.15, 0.2) is 0 Å². The van der Waals surface area contributed by atoms with Gasteiger partial charge >= 0.3 is 6.18 Å². The molecule has 1 aliphatic heterocycles. The predicted molar refractivity (Wildman–Crippen MR) is 74.7 cm³/mol. The van der Waals surface area contributed by atoms with Crippen molar-refractivity contribution < 1.29 is 13.2 Å². The number of hydrogen-bond donors (Lipinski definition) is 0. The van der Waals surface area contributed by atoms with Crippen molar-refractivity contribution in [2.75, 3.05) is 31.1 Å². The van der Waals surface area contributed by atoms with E-state index >= 15 is 0 Å². The zero-order valence-electron chi connectivity index (χ0n) is 11.7. The maximum atomic E-state index is 12.5. The first-order chi connectivity index (χ1) is 9.36. The smallest absolute Gasteiger partial charge is 0.374 e. The van der Waals surface area contributed by atoms with Gasteiger partial charge in [-0.05, 0) is 44.3 Å². The van der Waals surface area contributed by atoms with Gasteiger partial charge in [-0.15, -0.1) is 0 Å². The van der Waals surface area contributed by atoms with Gasteiger partial charge in [0.25, 0.3) is 0 Å². The lowest BCUT2D eigenvalue weighted by Gasteiger charge is -2.36. The Morgan fingerprint density at radius 2 is 1.55 bits per heavy atom. The van der Waals surface area contributed by atoms with E-state index in [1.54, 1.807) is 12.1 Å². The van der Waals surface area contributed by atoms with Crippen molar-refractivity contribution in [3.05, 3.63) is 41.6 Å². The highest BCUT2D eigenvalue weighted by atomic mass is 19.4. The molecule has 0 unspecified atom stereocenters. The minimum atomic E-state index is -4.26. The third-order valence-corrected chi connectivity index (χ3v) is 3.31. The van der Waals surface area contributed by atoms with Gasteiger partial charge in [-0.1, -0.05) is 5.57 Å². The fraction of sp³-hybridized carbons (Fsp3) is 0.467. The van der Waals surface area contributed by atoms with Crippen LogP contribution in [0.3, 0.4) is 0 Å². The van der Waals surface area contributed by atoms with E-state index in [4.69, 9.17) is 0 Å². The molecular weight excluding hydrogens is 265 g/mol. The van der Waals surface area contributed by atoms with Crippen LogP contribution in [0.5, 0.6) is 0 Å². The van der Waals surface area contributed by atoms with Gasteiger partial charge in [-0.25, -0.2) is 0 Å². The normalized spacial score (nSPS) is 16.2. The summed E-state index contributed by atoms with van der Waals surface area (Å²) in [6.07, 6.45) is -2.13. The van der Waals surface area contributed by atoms with Gasteiger partial charge < -0.3 is 9.80 Å². The molecule has 2 nitrogen and oxygen atoms in total. The Kier molecular flexibility index (Phi) is 4.26. The van der Waals surface area contributed by atoms with Crippen LogP contribution in [0.1, 0.15) is 19.4 Å². The van der Waals surface area contributed by atoms with Crippen molar-refractivity contribution in [3.63, 3.8) is 0 Å². The van der Waals surface area contributed by atoms with E-state index in [0.717, 1.165) is 44.0 Å². The van der Waals surface area contributed by atoms with Crippen LogP contribution in [0.2, 0.25) is 0 Å². The van der Waals surface area contributed by atoms with Crippen molar-refractivity contribution in [1.29, 1.82) is 0 Å². The van der Waals surface area contributed by atoms with Crippen LogP contribution in [0, 0.1) is 0 Å². The summed E-state index contributed by atoms with van der Waals surface area (Å²) in [6.45, 7) is 7.56. The number of rotatable bonds is 2. The monoisotopic (exact) mass is 284 g/mol. The van der Waals surface area contributed by atoms with Gasteiger partial charge in [0.05, 0.1) is 5.56 Å². The topological polar surface area (TPSA) is 6.48 Å². The highest BCUT2D eigenvalue weighted by molar-refractivity contribution is 5.48. The Morgan fingerprint density at radius 1 is 1.00 bits per heavy atom. The average Bonchev–Trinajstić information content (AvgIpc) is 2.38. The first kappa shape index (κ1) is 14.8. The molecule has 1 saturated heterocycles. The number of alkyl halides is 3. The molecule has 0 radical (unpaired) electrons. The van der Waals surface area contributed by atoms with Gasteiger partial charge in [-0.3, -0.25) is 0 Å². The second-order valence-electron chi connectivity index (χ2n) is 5.27. The summed E-state index contributed by atoms with van der Waals surface area (Å²) in [7, 11) is 0. The minimum absolute atomic E-state index is 0.593. The predicted octanol–water partition coefficient (Wildman–Crippen LogP) is 3.75. The van der Waals surface area contributed by atoms with E-state index < -0.39 is 11.7 Å². The molecule has 0 atom stereocenters. The first-order valence-electron chi connectivity index (χ1n) is 6.67. The number of nitrogens with zero attached hydrogens (tertiary/aromatic N) is 2. The molecule has 1 fully saturated rings. The van der Waals surface area contributed by atoms with E-state index in [-0.39, 0.29) is 0 Å². The van der Waals surface area contributed by atoms with Gasteiger partial charge in [-0.2, -0.15) is 13.2 Å². The van der Waals surface area contributed by atoms with E-state index in [0.29, 0.717) is 0 Å². The van der Waals surface area contributed by atoms with Crippen LogP contribution in [-0.2, 0) is 6.18 Å². The quantitative estimate of drug-likeness (QED) is 0.816. The van der Waals surface area contributed by atoms with Gasteiger partial charge in [0.2, 0.25) is 0 Å². The van der Waals surface area contributed by atoms with Crippen molar-refractivity contribution in [2.24, 2.45) is 0 Å². The maximum absolute atomic E-state index is 12.5. The number of benzene rings is 1. The Hall–Kier alpha value is -1.65. The summed E-state index contributed by atoms with van der Waals surface area (Å²) in [5.74, 6) is 0. The third-order valence-electron chi connectivity index (χ3n) is 3.31.